The van der Waals surface area contributed by atoms with E-state index in [2.05, 4.69) is 53.4 Å². The van der Waals surface area contributed by atoms with E-state index in [-0.39, 0.29) is 18.2 Å². The maximum atomic E-state index is 6.29. The number of ether oxygens (including phenoxy) is 3. The molecule has 0 spiro atoms. The number of benzene rings is 2. The van der Waals surface area contributed by atoms with Crippen molar-refractivity contribution in [1.29, 1.82) is 0 Å². The van der Waals surface area contributed by atoms with Gasteiger partial charge >= 0.3 is 0 Å². The summed E-state index contributed by atoms with van der Waals surface area (Å²) in [6.07, 6.45) is 4.24. The number of hydrogen-bond acceptors (Lipinski definition) is 4. The quantitative estimate of drug-likeness (QED) is 0.826. The van der Waals surface area contributed by atoms with Gasteiger partial charge < -0.3 is 14.2 Å². The first-order valence-electron chi connectivity index (χ1n) is 9.75. The van der Waals surface area contributed by atoms with Crippen LogP contribution in [0.25, 0.3) is 0 Å². The Morgan fingerprint density at radius 2 is 1.96 bits per heavy atom. The van der Waals surface area contributed by atoms with Crippen molar-refractivity contribution in [2.75, 3.05) is 13.2 Å². The van der Waals surface area contributed by atoms with E-state index < -0.39 is 0 Å². The van der Waals surface area contributed by atoms with Crippen molar-refractivity contribution < 1.29 is 14.2 Å². The molecule has 0 N–H and O–H groups in total. The van der Waals surface area contributed by atoms with E-state index >= 15 is 0 Å². The SMILES string of the molecule is c1ccc(C2CCN3C2OC2CC3(c3ccc4c(c3)OCCC4)O2)cc1. The van der Waals surface area contributed by atoms with E-state index in [0.717, 1.165) is 44.6 Å². The van der Waals surface area contributed by atoms with Gasteiger partial charge in [-0.3, -0.25) is 0 Å². The topological polar surface area (TPSA) is 30.9 Å². The first-order chi connectivity index (χ1) is 12.8. The first-order valence-corrected chi connectivity index (χ1v) is 9.75. The van der Waals surface area contributed by atoms with Gasteiger partial charge in [-0.2, -0.15) is 0 Å². The third kappa shape index (κ3) is 2.07. The van der Waals surface area contributed by atoms with Crippen LogP contribution >= 0.6 is 0 Å². The zero-order valence-electron chi connectivity index (χ0n) is 14.8. The van der Waals surface area contributed by atoms with Gasteiger partial charge in [-0.1, -0.05) is 42.5 Å². The molecule has 4 fully saturated rings. The van der Waals surface area contributed by atoms with Crippen LogP contribution in [0.1, 0.15) is 41.9 Å². The van der Waals surface area contributed by atoms with Gasteiger partial charge in [-0.25, -0.2) is 4.90 Å². The summed E-state index contributed by atoms with van der Waals surface area (Å²) in [6.45, 7) is 1.81. The molecule has 4 heteroatoms. The Kier molecular flexibility index (Phi) is 3.25. The molecule has 134 valence electrons. The Morgan fingerprint density at radius 1 is 1.08 bits per heavy atom. The lowest BCUT2D eigenvalue weighted by molar-refractivity contribution is -0.449. The van der Waals surface area contributed by atoms with Crippen LogP contribution in [0, 0.1) is 0 Å². The number of nitrogens with zero attached hydrogens (tertiary/aromatic N) is 1. The lowest BCUT2D eigenvalue weighted by atomic mass is 9.88. The van der Waals surface area contributed by atoms with Crippen LogP contribution < -0.4 is 4.74 Å². The van der Waals surface area contributed by atoms with Gasteiger partial charge in [-0.15, -0.1) is 0 Å². The second-order valence-electron chi connectivity index (χ2n) is 7.84. The maximum absolute atomic E-state index is 6.29. The highest BCUT2D eigenvalue weighted by Crippen LogP contribution is 2.56. The summed E-state index contributed by atoms with van der Waals surface area (Å²) < 4.78 is 18.5. The second kappa shape index (κ2) is 5.56. The van der Waals surface area contributed by atoms with E-state index in [4.69, 9.17) is 14.2 Å². The third-order valence-corrected chi connectivity index (χ3v) is 6.45. The number of rotatable bonds is 2. The Labute approximate surface area is 153 Å². The average molecular weight is 349 g/mol. The summed E-state index contributed by atoms with van der Waals surface area (Å²) in [4.78, 5) is 2.44. The smallest absolute Gasteiger partial charge is 0.166 e. The minimum Gasteiger partial charge on any atom is -0.493 e. The molecule has 5 heterocycles. The summed E-state index contributed by atoms with van der Waals surface area (Å²) in [5.74, 6) is 1.45. The standard InChI is InChI=1S/C22H23NO3/c1-2-5-15(6-3-1)18-10-11-23-21(18)25-20-14-22(23,26-20)17-9-8-16-7-4-12-24-19(16)13-17/h1-3,5-6,8-9,13,18,20-21H,4,7,10-12,14H2. The molecule has 5 aliphatic rings. The molecule has 5 aliphatic heterocycles. The van der Waals surface area contributed by atoms with E-state index in [1.807, 2.05) is 0 Å². The van der Waals surface area contributed by atoms with Gasteiger partial charge in [0, 0.05) is 24.4 Å². The average Bonchev–Trinajstić information content (AvgIpc) is 3.12. The largest absolute Gasteiger partial charge is 0.493 e. The van der Waals surface area contributed by atoms with Crippen LogP contribution in [0.15, 0.2) is 48.5 Å². The monoisotopic (exact) mass is 349 g/mol. The molecule has 0 saturated carbocycles. The molecular weight excluding hydrogens is 326 g/mol. The van der Waals surface area contributed by atoms with Gasteiger partial charge in [-0.05, 0) is 36.5 Å². The lowest BCUT2D eigenvalue weighted by Gasteiger charge is -2.60. The summed E-state index contributed by atoms with van der Waals surface area (Å²) in [5, 5.41) is 0. The van der Waals surface area contributed by atoms with Crippen LogP contribution in [-0.2, 0) is 21.6 Å². The second-order valence-corrected chi connectivity index (χ2v) is 7.84. The van der Waals surface area contributed by atoms with Crippen LogP contribution in [0.5, 0.6) is 5.75 Å². The summed E-state index contributed by atoms with van der Waals surface area (Å²) in [5.41, 5.74) is 3.56. The fourth-order valence-corrected chi connectivity index (χ4v) is 5.14. The van der Waals surface area contributed by atoms with Crippen LogP contribution in [0.2, 0.25) is 0 Å². The molecule has 0 aliphatic carbocycles. The van der Waals surface area contributed by atoms with E-state index in [0.29, 0.717) is 5.92 Å². The Bertz CT molecular complexity index is 831. The molecule has 2 aromatic carbocycles. The zero-order chi connectivity index (χ0) is 17.1. The normalized spacial score (nSPS) is 35.2. The molecule has 2 bridgehead atoms. The lowest BCUT2D eigenvalue weighted by Crippen LogP contribution is -2.68. The highest BCUT2D eigenvalue weighted by Gasteiger charge is 2.62. The molecule has 2 aromatic rings. The maximum Gasteiger partial charge on any atom is 0.166 e. The summed E-state index contributed by atoms with van der Waals surface area (Å²) in [6, 6.07) is 17.4. The number of hydrogen-bond donors (Lipinski definition) is 0. The third-order valence-electron chi connectivity index (χ3n) is 6.45. The molecule has 4 saturated heterocycles. The van der Waals surface area contributed by atoms with E-state index in [9.17, 15) is 0 Å². The van der Waals surface area contributed by atoms with Gasteiger partial charge in [0.2, 0.25) is 0 Å². The highest BCUT2D eigenvalue weighted by atomic mass is 16.8. The Balaban J connectivity index is 1.36. The van der Waals surface area contributed by atoms with Crippen molar-refractivity contribution in [3.63, 3.8) is 0 Å². The molecule has 4 atom stereocenters. The van der Waals surface area contributed by atoms with E-state index in [1.54, 1.807) is 0 Å². The van der Waals surface area contributed by atoms with Gasteiger partial charge in [0.25, 0.3) is 0 Å². The van der Waals surface area contributed by atoms with E-state index in [1.165, 1.54) is 16.7 Å². The highest BCUT2D eigenvalue weighted by molar-refractivity contribution is 5.42. The minimum atomic E-state index is -0.340. The van der Waals surface area contributed by atoms with Gasteiger partial charge in [0.05, 0.1) is 6.61 Å². The van der Waals surface area contributed by atoms with Crippen molar-refractivity contribution in [3.05, 3.63) is 65.2 Å². The van der Waals surface area contributed by atoms with Crippen LogP contribution in [0.4, 0.5) is 0 Å². The number of aryl methyl sites for hydroxylation is 1. The van der Waals surface area contributed by atoms with Crippen molar-refractivity contribution in [1.82, 2.24) is 4.90 Å². The van der Waals surface area contributed by atoms with Gasteiger partial charge in [0.1, 0.15) is 12.0 Å². The fraction of sp³-hybridized carbons (Fsp3) is 0.455. The van der Waals surface area contributed by atoms with Crippen molar-refractivity contribution in [2.24, 2.45) is 0 Å². The van der Waals surface area contributed by atoms with Gasteiger partial charge in [0.15, 0.2) is 12.0 Å². The molecule has 0 amide bonds. The summed E-state index contributed by atoms with van der Waals surface area (Å²) in [7, 11) is 0. The summed E-state index contributed by atoms with van der Waals surface area (Å²) >= 11 is 0. The molecule has 0 radical (unpaired) electrons. The Hall–Kier alpha value is -1.88. The van der Waals surface area contributed by atoms with Crippen molar-refractivity contribution in [3.8, 4) is 5.75 Å². The zero-order valence-corrected chi connectivity index (χ0v) is 14.8. The first kappa shape index (κ1) is 15.2. The molecular formula is C22H23NO3. The predicted molar refractivity (Wildman–Crippen MR) is 96.8 cm³/mol. The van der Waals surface area contributed by atoms with Crippen LogP contribution in [-0.4, -0.2) is 30.6 Å². The molecule has 0 aromatic heterocycles. The Morgan fingerprint density at radius 3 is 2.85 bits per heavy atom. The predicted octanol–water partition coefficient (Wildman–Crippen LogP) is 3.76. The van der Waals surface area contributed by atoms with Crippen molar-refractivity contribution >= 4 is 0 Å². The minimum absolute atomic E-state index is 0.0856. The molecule has 7 rings (SSSR count). The van der Waals surface area contributed by atoms with Crippen LogP contribution in [0.3, 0.4) is 0 Å². The molecule has 4 unspecified atom stereocenters. The molecule has 4 nitrogen and oxygen atoms in total. The van der Waals surface area contributed by atoms with Crippen molar-refractivity contribution in [2.45, 2.75) is 49.8 Å². The molecule has 26 heavy (non-hydrogen) atoms. The fourth-order valence-electron chi connectivity index (χ4n) is 5.14. The number of fused-ring (bicyclic) bond motifs is 1.